The van der Waals surface area contributed by atoms with E-state index in [4.69, 9.17) is 4.74 Å². The Morgan fingerprint density at radius 2 is 1.52 bits per heavy atom. The van der Waals surface area contributed by atoms with E-state index in [0.717, 1.165) is 18.9 Å². The zero-order chi connectivity index (χ0) is 21.6. The Balaban J connectivity index is 1.28. The molecule has 0 unspecified atom stereocenters. The Morgan fingerprint density at radius 1 is 0.839 bits per heavy atom. The van der Waals surface area contributed by atoms with E-state index < -0.39 is 0 Å². The van der Waals surface area contributed by atoms with Crippen molar-refractivity contribution in [3.05, 3.63) is 47.5 Å². The highest BCUT2D eigenvalue weighted by Crippen LogP contribution is 2.59. The van der Waals surface area contributed by atoms with Gasteiger partial charge in [0.05, 0.1) is 12.7 Å². The largest absolute Gasteiger partial charge is 0.374 e. The molecule has 1 aromatic rings. The number of ether oxygens (including phenoxy) is 1. The molecule has 31 heavy (non-hydrogen) atoms. The maximum Gasteiger partial charge on any atom is 0.0651 e. The molecular formula is C30H46O. The molecule has 5 rings (SSSR count). The molecule has 0 heterocycles. The molecular weight excluding hydrogens is 376 g/mol. The van der Waals surface area contributed by atoms with Gasteiger partial charge in [0.2, 0.25) is 0 Å². The lowest BCUT2D eigenvalue weighted by Gasteiger charge is -2.54. The second-order valence-electron chi connectivity index (χ2n) is 11.0. The fraction of sp³-hybridized carbons (Fsp3) is 0.733. The topological polar surface area (TPSA) is 9.23 Å². The normalized spacial score (nSPS) is 33.2. The van der Waals surface area contributed by atoms with Crippen LogP contribution in [0, 0.1) is 5.41 Å². The zero-order valence-electron chi connectivity index (χ0n) is 20.3. The van der Waals surface area contributed by atoms with Crippen LogP contribution in [0.2, 0.25) is 0 Å². The first kappa shape index (κ1) is 23.1. The van der Waals surface area contributed by atoms with Crippen molar-refractivity contribution in [2.75, 3.05) is 6.61 Å². The summed E-state index contributed by atoms with van der Waals surface area (Å²) in [5.74, 6) is 0.738. The van der Waals surface area contributed by atoms with Gasteiger partial charge in [0.1, 0.15) is 0 Å². The van der Waals surface area contributed by atoms with Crippen LogP contribution in [-0.4, -0.2) is 12.7 Å². The van der Waals surface area contributed by atoms with Gasteiger partial charge in [-0.1, -0.05) is 69.5 Å². The minimum Gasteiger partial charge on any atom is -0.374 e. The summed E-state index contributed by atoms with van der Waals surface area (Å²) in [5, 5.41) is 0. The Hall–Kier alpha value is -1.08. The molecule has 1 heteroatoms. The van der Waals surface area contributed by atoms with Crippen molar-refractivity contribution < 1.29 is 4.74 Å². The molecule has 0 aliphatic heterocycles. The monoisotopic (exact) mass is 422 g/mol. The summed E-state index contributed by atoms with van der Waals surface area (Å²) in [6.45, 7) is 5.30. The number of fused-ring (bicyclic) bond motifs is 3. The molecule has 0 amide bonds. The summed E-state index contributed by atoms with van der Waals surface area (Å²) < 4.78 is 6.05. The van der Waals surface area contributed by atoms with Crippen molar-refractivity contribution in [1.82, 2.24) is 0 Å². The molecule has 0 N–H and O–H groups in total. The molecule has 2 bridgehead atoms. The summed E-state index contributed by atoms with van der Waals surface area (Å²) in [4.78, 5) is 0. The van der Waals surface area contributed by atoms with Crippen molar-refractivity contribution in [2.45, 2.75) is 128 Å². The van der Waals surface area contributed by atoms with Gasteiger partial charge in [-0.05, 0) is 105 Å². The van der Waals surface area contributed by atoms with Crippen LogP contribution in [-0.2, 0) is 10.2 Å². The average Bonchev–Trinajstić information content (AvgIpc) is 2.84. The summed E-state index contributed by atoms with van der Waals surface area (Å²) in [7, 11) is 0. The third-order valence-electron chi connectivity index (χ3n) is 9.21. The standard InChI is InChI=1S/C30H46O/c1-3-5-7-17-29-18-21-30(22-19-29,23-20-29)27-13-9-25(10-14-27)26-11-15-28(16-12-26)31-24-8-6-4-2/h6,8-10,13-14,26,28H,3-5,7,11-12,15-24H2,1-2H3/t26-,28-,29?,30?. The highest BCUT2D eigenvalue weighted by molar-refractivity contribution is 5.33. The average molecular weight is 423 g/mol. The highest BCUT2D eigenvalue weighted by Gasteiger charge is 2.48. The van der Waals surface area contributed by atoms with Gasteiger partial charge in [-0.15, -0.1) is 0 Å². The Bertz CT molecular complexity index is 667. The van der Waals surface area contributed by atoms with Crippen LogP contribution in [0.4, 0.5) is 0 Å². The predicted octanol–water partition coefficient (Wildman–Crippen LogP) is 8.87. The molecule has 4 saturated carbocycles. The first-order valence-electron chi connectivity index (χ1n) is 13.6. The van der Waals surface area contributed by atoms with Crippen molar-refractivity contribution in [2.24, 2.45) is 5.41 Å². The summed E-state index contributed by atoms with van der Waals surface area (Å²) in [6.07, 6.45) is 25.5. The smallest absolute Gasteiger partial charge is 0.0651 e. The van der Waals surface area contributed by atoms with E-state index in [1.54, 1.807) is 11.1 Å². The molecule has 0 radical (unpaired) electrons. The highest BCUT2D eigenvalue weighted by atomic mass is 16.5. The Labute approximate surface area is 192 Å². The molecule has 1 nitrogen and oxygen atoms in total. The van der Waals surface area contributed by atoms with E-state index in [9.17, 15) is 0 Å². The second kappa shape index (κ2) is 10.7. The lowest BCUT2D eigenvalue weighted by Crippen LogP contribution is -2.44. The Kier molecular flexibility index (Phi) is 7.96. The molecule has 0 aromatic heterocycles. The van der Waals surface area contributed by atoms with Gasteiger partial charge in [-0.2, -0.15) is 0 Å². The summed E-state index contributed by atoms with van der Waals surface area (Å²) in [5.41, 5.74) is 4.44. The number of rotatable bonds is 10. The van der Waals surface area contributed by atoms with Crippen molar-refractivity contribution in [3.8, 4) is 0 Å². The lowest BCUT2D eigenvalue weighted by atomic mass is 9.51. The fourth-order valence-corrected chi connectivity index (χ4v) is 6.92. The van der Waals surface area contributed by atoms with Crippen LogP contribution < -0.4 is 0 Å². The number of unbranched alkanes of at least 4 members (excludes halogenated alkanes) is 2. The molecule has 4 aliphatic rings. The van der Waals surface area contributed by atoms with Crippen LogP contribution in [0.1, 0.15) is 127 Å². The maximum atomic E-state index is 6.05. The second-order valence-corrected chi connectivity index (χ2v) is 11.0. The SMILES string of the molecule is CCC=CCO[C@H]1CC[C@H](c2ccc(C34CCC(CCCCC)(CC3)CC4)cc2)CC1. The minimum atomic E-state index is 0.470. The van der Waals surface area contributed by atoms with Crippen molar-refractivity contribution in [3.63, 3.8) is 0 Å². The molecule has 0 spiro atoms. The van der Waals surface area contributed by atoms with Gasteiger partial charge < -0.3 is 4.74 Å². The maximum absolute atomic E-state index is 6.05. The van der Waals surface area contributed by atoms with Gasteiger partial charge >= 0.3 is 0 Å². The van der Waals surface area contributed by atoms with Gasteiger partial charge in [-0.25, -0.2) is 0 Å². The van der Waals surface area contributed by atoms with E-state index >= 15 is 0 Å². The van der Waals surface area contributed by atoms with Crippen molar-refractivity contribution in [1.29, 1.82) is 0 Å². The third-order valence-corrected chi connectivity index (χ3v) is 9.21. The number of hydrogen-bond acceptors (Lipinski definition) is 1. The van der Waals surface area contributed by atoms with E-state index in [1.807, 2.05) is 0 Å². The summed E-state index contributed by atoms with van der Waals surface area (Å²) >= 11 is 0. The van der Waals surface area contributed by atoms with E-state index in [2.05, 4.69) is 50.3 Å². The molecule has 172 valence electrons. The molecule has 4 fully saturated rings. The quantitative estimate of drug-likeness (QED) is 0.270. The minimum absolute atomic E-state index is 0.470. The van der Waals surface area contributed by atoms with E-state index in [0.29, 0.717) is 16.9 Å². The predicted molar refractivity (Wildman–Crippen MR) is 133 cm³/mol. The van der Waals surface area contributed by atoms with Crippen molar-refractivity contribution >= 4 is 0 Å². The van der Waals surface area contributed by atoms with Crippen LogP contribution >= 0.6 is 0 Å². The Morgan fingerprint density at radius 3 is 2.13 bits per heavy atom. The van der Waals surface area contributed by atoms with Crippen LogP contribution in [0.15, 0.2) is 36.4 Å². The molecule has 0 atom stereocenters. The van der Waals surface area contributed by atoms with E-state index in [1.165, 1.54) is 89.9 Å². The fourth-order valence-electron chi connectivity index (χ4n) is 6.92. The molecule has 1 aromatic carbocycles. The van der Waals surface area contributed by atoms with Crippen LogP contribution in [0.5, 0.6) is 0 Å². The van der Waals surface area contributed by atoms with Gasteiger partial charge in [0.15, 0.2) is 0 Å². The number of allylic oxidation sites excluding steroid dienone is 1. The number of hydrogen-bond donors (Lipinski definition) is 0. The van der Waals surface area contributed by atoms with Gasteiger partial charge in [0, 0.05) is 0 Å². The zero-order valence-corrected chi connectivity index (χ0v) is 20.3. The third kappa shape index (κ3) is 5.47. The lowest BCUT2D eigenvalue weighted by molar-refractivity contribution is 0.0305. The van der Waals surface area contributed by atoms with Gasteiger partial charge in [0.25, 0.3) is 0 Å². The van der Waals surface area contributed by atoms with E-state index in [-0.39, 0.29) is 0 Å². The summed E-state index contributed by atoms with van der Waals surface area (Å²) in [6, 6.07) is 10.0. The molecule has 4 aliphatic carbocycles. The van der Waals surface area contributed by atoms with Gasteiger partial charge in [-0.3, -0.25) is 0 Å². The van der Waals surface area contributed by atoms with Crippen LogP contribution in [0.3, 0.4) is 0 Å². The van der Waals surface area contributed by atoms with Crippen LogP contribution in [0.25, 0.3) is 0 Å². The molecule has 0 saturated heterocycles. The number of benzene rings is 1. The first-order valence-corrected chi connectivity index (χ1v) is 13.6. The first-order chi connectivity index (χ1) is 15.2.